The summed E-state index contributed by atoms with van der Waals surface area (Å²) >= 11 is 0. The highest BCUT2D eigenvalue weighted by molar-refractivity contribution is 5.76. The first-order valence-electron chi connectivity index (χ1n) is 8.31. The van der Waals surface area contributed by atoms with Crippen molar-refractivity contribution in [2.75, 3.05) is 0 Å². The second kappa shape index (κ2) is 6.28. The summed E-state index contributed by atoms with van der Waals surface area (Å²) in [5.74, 6) is 1.57. The predicted molar refractivity (Wildman–Crippen MR) is 77.9 cm³/mol. The summed E-state index contributed by atoms with van der Waals surface area (Å²) in [6.07, 6.45) is 10.8. The molecule has 4 atom stereocenters. The standard InChI is InChI=1S/C17H30O2/c1-4-12-17(3,5-2)16(18)19-15-11-10-13-8-6-7-9-14(13)15/h13-15H,4-12H2,1-3H3. The van der Waals surface area contributed by atoms with E-state index in [1.54, 1.807) is 0 Å². The van der Waals surface area contributed by atoms with E-state index in [0.29, 0.717) is 5.92 Å². The van der Waals surface area contributed by atoms with Crippen LogP contribution < -0.4 is 0 Å². The van der Waals surface area contributed by atoms with E-state index < -0.39 is 0 Å². The summed E-state index contributed by atoms with van der Waals surface area (Å²) in [5, 5.41) is 0. The minimum absolute atomic E-state index is 0.0630. The van der Waals surface area contributed by atoms with Gasteiger partial charge in [-0.15, -0.1) is 0 Å². The van der Waals surface area contributed by atoms with Gasteiger partial charge in [-0.25, -0.2) is 0 Å². The molecule has 2 saturated carbocycles. The fourth-order valence-electron chi connectivity index (χ4n) is 4.08. The van der Waals surface area contributed by atoms with E-state index in [2.05, 4.69) is 20.8 Å². The summed E-state index contributed by atoms with van der Waals surface area (Å²) in [4.78, 5) is 12.5. The third-order valence-corrected chi connectivity index (χ3v) is 5.60. The number of ether oxygens (including phenoxy) is 1. The van der Waals surface area contributed by atoms with Crippen molar-refractivity contribution in [2.24, 2.45) is 17.3 Å². The maximum atomic E-state index is 12.5. The van der Waals surface area contributed by atoms with Crippen LogP contribution in [0.4, 0.5) is 0 Å². The molecule has 2 fully saturated rings. The third-order valence-electron chi connectivity index (χ3n) is 5.60. The first-order chi connectivity index (χ1) is 9.10. The molecule has 0 N–H and O–H groups in total. The van der Waals surface area contributed by atoms with Crippen molar-refractivity contribution >= 4 is 5.97 Å². The molecule has 2 nitrogen and oxygen atoms in total. The zero-order valence-electron chi connectivity index (χ0n) is 12.9. The number of fused-ring (bicyclic) bond motifs is 1. The van der Waals surface area contributed by atoms with E-state index in [1.165, 1.54) is 32.1 Å². The summed E-state index contributed by atoms with van der Waals surface area (Å²) < 4.78 is 5.95. The lowest BCUT2D eigenvalue weighted by Crippen LogP contribution is -2.35. The average Bonchev–Trinajstić information content (AvgIpc) is 2.82. The maximum Gasteiger partial charge on any atom is 0.312 e. The normalized spacial score (nSPS) is 33.5. The monoisotopic (exact) mass is 266 g/mol. The van der Waals surface area contributed by atoms with Gasteiger partial charge in [-0.3, -0.25) is 4.79 Å². The van der Waals surface area contributed by atoms with Crippen molar-refractivity contribution in [3.63, 3.8) is 0 Å². The van der Waals surface area contributed by atoms with E-state index >= 15 is 0 Å². The average molecular weight is 266 g/mol. The van der Waals surface area contributed by atoms with Crippen LogP contribution >= 0.6 is 0 Å². The summed E-state index contributed by atoms with van der Waals surface area (Å²) in [6, 6.07) is 0. The van der Waals surface area contributed by atoms with E-state index in [-0.39, 0.29) is 17.5 Å². The van der Waals surface area contributed by atoms with Gasteiger partial charge in [-0.05, 0) is 50.9 Å². The molecule has 2 aliphatic rings. The minimum Gasteiger partial charge on any atom is -0.462 e. The van der Waals surface area contributed by atoms with Crippen molar-refractivity contribution in [3.8, 4) is 0 Å². The van der Waals surface area contributed by atoms with Gasteiger partial charge in [0.05, 0.1) is 5.41 Å². The van der Waals surface area contributed by atoms with Gasteiger partial charge in [0.25, 0.3) is 0 Å². The molecule has 0 bridgehead atoms. The molecule has 0 amide bonds. The van der Waals surface area contributed by atoms with Crippen LogP contribution in [0.15, 0.2) is 0 Å². The Hall–Kier alpha value is -0.530. The molecule has 19 heavy (non-hydrogen) atoms. The topological polar surface area (TPSA) is 26.3 Å². The van der Waals surface area contributed by atoms with Gasteiger partial charge < -0.3 is 4.74 Å². The number of carbonyl (C=O) groups is 1. The van der Waals surface area contributed by atoms with Gasteiger partial charge in [-0.2, -0.15) is 0 Å². The lowest BCUT2D eigenvalue weighted by molar-refractivity contribution is -0.164. The highest BCUT2D eigenvalue weighted by atomic mass is 16.5. The molecule has 0 radical (unpaired) electrons. The Bertz CT molecular complexity index is 312. The van der Waals surface area contributed by atoms with Crippen LogP contribution in [0.5, 0.6) is 0 Å². The highest BCUT2D eigenvalue weighted by Crippen LogP contribution is 2.44. The predicted octanol–water partition coefficient (Wildman–Crippen LogP) is 4.71. The van der Waals surface area contributed by atoms with Gasteiger partial charge in [0.2, 0.25) is 0 Å². The number of rotatable bonds is 5. The SMILES string of the molecule is CCCC(C)(CC)C(=O)OC1CCC2CCCCC21. The van der Waals surface area contributed by atoms with Gasteiger partial charge in [0.1, 0.15) is 6.10 Å². The lowest BCUT2D eigenvalue weighted by Gasteiger charge is -2.32. The molecule has 2 aliphatic carbocycles. The van der Waals surface area contributed by atoms with Crippen molar-refractivity contribution in [1.29, 1.82) is 0 Å². The number of hydrogen-bond donors (Lipinski definition) is 0. The number of esters is 1. The second-order valence-electron chi connectivity index (χ2n) is 6.89. The zero-order valence-corrected chi connectivity index (χ0v) is 12.9. The van der Waals surface area contributed by atoms with Crippen molar-refractivity contribution in [1.82, 2.24) is 0 Å². The third kappa shape index (κ3) is 3.14. The van der Waals surface area contributed by atoms with E-state index in [4.69, 9.17) is 4.74 Å². The van der Waals surface area contributed by atoms with Gasteiger partial charge >= 0.3 is 5.97 Å². The molecule has 2 heteroatoms. The molecule has 0 aromatic carbocycles. The van der Waals surface area contributed by atoms with E-state index in [0.717, 1.165) is 31.6 Å². The molecule has 0 aromatic rings. The van der Waals surface area contributed by atoms with E-state index in [1.807, 2.05) is 0 Å². The first kappa shape index (κ1) is 14.9. The summed E-state index contributed by atoms with van der Waals surface area (Å²) in [6.45, 7) is 6.33. The fourth-order valence-corrected chi connectivity index (χ4v) is 4.08. The van der Waals surface area contributed by atoms with Crippen LogP contribution in [0.1, 0.15) is 78.6 Å². The smallest absolute Gasteiger partial charge is 0.312 e. The molecular weight excluding hydrogens is 236 g/mol. The molecule has 0 saturated heterocycles. The minimum atomic E-state index is -0.262. The van der Waals surface area contributed by atoms with Crippen molar-refractivity contribution < 1.29 is 9.53 Å². The molecule has 0 spiro atoms. The molecule has 4 unspecified atom stereocenters. The van der Waals surface area contributed by atoms with Crippen molar-refractivity contribution in [2.45, 2.75) is 84.7 Å². The molecular formula is C17H30O2. The summed E-state index contributed by atoms with van der Waals surface area (Å²) in [7, 11) is 0. The molecule has 110 valence electrons. The lowest BCUT2D eigenvalue weighted by atomic mass is 9.80. The Labute approximate surface area is 118 Å². The quantitative estimate of drug-likeness (QED) is 0.673. The largest absolute Gasteiger partial charge is 0.462 e. The number of carbonyl (C=O) groups excluding carboxylic acids is 1. The zero-order chi connectivity index (χ0) is 13.9. The molecule has 0 aliphatic heterocycles. The van der Waals surface area contributed by atoms with Crippen LogP contribution in [0.2, 0.25) is 0 Å². The van der Waals surface area contributed by atoms with Crippen molar-refractivity contribution in [3.05, 3.63) is 0 Å². The molecule has 0 aromatic heterocycles. The molecule has 0 heterocycles. The van der Waals surface area contributed by atoms with Crippen LogP contribution in [-0.2, 0) is 9.53 Å². The van der Waals surface area contributed by atoms with E-state index in [9.17, 15) is 4.79 Å². The Morgan fingerprint density at radius 1 is 1.16 bits per heavy atom. The number of hydrogen-bond acceptors (Lipinski definition) is 2. The van der Waals surface area contributed by atoms with Crippen LogP contribution in [0, 0.1) is 17.3 Å². The van der Waals surface area contributed by atoms with Gasteiger partial charge in [0, 0.05) is 0 Å². The Balaban J connectivity index is 1.95. The fraction of sp³-hybridized carbons (Fsp3) is 0.941. The van der Waals surface area contributed by atoms with Crippen LogP contribution in [0.25, 0.3) is 0 Å². The maximum absolute atomic E-state index is 12.5. The Morgan fingerprint density at radius 3 is 2.58 bits per heavy atom. The molecule has 2 rings (SSSR count). The first-order valence-corrected chi connectivity index (χ1v) is 8.31. The Morgan fingerprint density at radius 2 is 1.89 bits per heavy atom. The second-order valence-corrected chi connectivity index (χ2v) is 6.89. The van der Waals surface area contributed by atoms with Gasteiger partial charge in [0.15, 0.2) is 0 Å². The Kier molecular flexibility index (Phi) is 4.92. The van der Waals surface area contributed by atoms with Crippen LogP contribution in [0.3, 0.4) is 0 Å². The highest BCUT2D eigenvalue weighted by Gasteiger charge is 2.42. The van der Waals surface area contributed by atoms with Crippen LogP contribution in [-0.4, -0.2) is 12.1 Å². The summed E-state index contributed by atoms with van der Waals surface area (Å²) in [5.41, 5.74) is -0.262. The van der Waals surface area contributed by atoms with Gasteiger partial charge in [-0.1, -0.05) is 39.5 Å².